The molecule has 1 fully saturated rings. The molecule has 1 aromatic rings. The van der Waals surface area contributed by atoms with Gasteiger partial charge in [0, 0.05) is 23.4 Å². The van der Waals surface area contributed by atoms with Crippen molar-refractivity contribution in [2.24, 2.45) is 5.92 Å². The molecule has 16 heavy (non-hydrogen) atoms. The van der Waals surface area contributed by atoms with E-state index in [1.54, 1.807) is 0 Å². The van der Waals surface area contributed by atoms with Gasteiger partial charge < -0.3 is 10.4 Å². The van der Waals surface area contributed by atoms with E-state index in [2.05, 4.69) is 35.7 Å². The predicted molar refractivity (Wildman–Crippen MR) is 64.9 cm³/mol. The summed E-state index contributed by atoms with van der Waals surface area (Å²) in [7, 11) is 0. The Morgan fingerprint density at radius 1 is 1.25 bits per heavy atom. The van der Waals surface area contributed by atoms with Crippen LogP contribution >= 0.6 is 0 Å². The highest BCUT2D eigenvalue weighted by atomic mass is 16.3. The third kappa shape index (κ3) is 1.63. The summed E-state index contributed by atoms with van der Waals surface area (Å²) in [6.45, 7) is 0.890. The van der Waals surface area contributed by atoms with Crippen molar-refractivity contribution in [1.29, 1.82) is 0 Å². The minimum absolute atomic E-state index is 0.145. The molecule has 0 bridgehead atoms. The number of benzene rings is 1. The van der Waals surface area contributed by atoms with Crippen LogP contribution in [0.5, 0.6) is 0 Å². The van der Waals surface area contributed by atoms with Gasteiger partial charge in [-0.25, -0.2) is 0 Å². The first-order chi connectivity index (χ1) is 7.84. The fourth-order valence-corrected chi connectivity index (χ4v) is 2.80. The van der Waals surface area contributed by atoms with Crippen LogP contribution in [0.2, 0.25) is 0 Å². The van der Waals surface area contributed by atoms with Crippen LogP contribution in [0.15, 0.2) is 24.3 Å². The second-order valence-corrected chi connectivity index (χ2v) is 4.74. The van der Waals surface area contributed by atoms with Gasteiger partial charge in [0.2, 0.25) is 0 Å². The quantitative estimate of drug-likeness (QED) is 0.654. The van der Waals surface area contributed by atoms with Crippen molar-refractivity contribution in [3.63, 3.8) is 0 Å². The molecule has 84 valence electrons. The van der Waals surface area contributed by atoms with Crippen LogP contribution in [0.25, 0.3) is 11.8 Å². The summed E-state index contributed by atoms with van der Waals surface area (Å²) in [5.74, 6) is 0.479. The smallest absolute Gasteiger partial charge is 0.0563 e. The van der Waals surface area contributed by atoms with Gasteiger partial charge in [-0.3, -0.25) is 0 Å². The van der Waals surface area contributed by atoms with Gasteiger partial charge in [0.15, 0.2) is 0 Å². The minimum atomic E-state index is -0.145. The number of aliphatic hydroxyl groups is 1. The van der Waals surface area contributed by atoms with Crippen LogP contribution < -0.4 is 15.8 Å². The van der Waals surface area contributed by atoms with Crippen LogP contribution in [-0.4, -0.2) is 17.8 Å². The molecule has 0 saturated carbocycles. The minimum Gasteiger partial charge on any atom is -0.393 e. The van der Waals surface area contributed by atoms with Gasteiger partial charge in [-0.15, -0.1) is 0 Å². The van der Waals surface area contributed by atoms with Crippen molar-refractivity contribution in [3.8, 4) is 0 Å². The fraction of sp³-hybridized carbons (Fsp3) is 0.429. The van der Waals surface area contributed by atoms with Gasteiger partial charge >= 0.3 is 0 Å². The van der Waals surface area contributed by atoms with E-state index in [-0.39, 0.29) is 6.10 Å². The van der Waals surface area contributed by atoms with Crippen LogP contribution in [0, 0.1) is 5.92 Å². The standard InChI is InChI=1S/C14H17NO/c16-12-7-8-15-14-11(9-12)6-5-10-3-1-2-4-13(10)14/h1-5,11-12,15-16H,6-9H2. The summed E-state index contributed by atoms with van der Waals surface area (Å²) in [6.07, 6.45) is 4.96. The number of hydrogen-bond donors (Lipinski definition) is 2. The summed E-state index contributed by atoms with van der Waals surface area (Å²) in [5.41, 5.74) is 1.34. The Bertz CT molecular complexity index is 506. The monoisotopic (exact) mass is 215 g/mol. The van der Waals surface area contributed by atoms with E-state index in [0.29, 0.717) is 5.92 Å². The second-order valence-electron chi connectivity index (χ2n) is 4.74. The van der Waals surface area contributed by atoms with E-state index in [9.17, 15) is 5.11 Å². The highest BCUT2D eigenvalue weighted by Crippen LogP contribution is 2.24. The molecule has 1 aromatic carbocycles. The van der Waals surface area contributed by atoms with Crippen molar-refractivity contribution in [1.82, 2.24) is 5.32 Å². The Morgan fingerprint density at radius 2 is 2.12 bits per heavy atom. The Kier molecular flexibility index (Phi) is 2.44. The van der Waals surface area contributed by atoms with Crippen LogP contribution in [0.3, 0.4) is 0 Å². The van der Waals surface area contributed by atoms with E-state index >= 15 is 0 Å². The number of nitrogens with one attached hydrogen (secondary N) is 1. The molecule has 0 amide bonds. The summed E-state index contributed by atoms with van der Waals surface area (Å²) in [6, 6.07) is 8.52. The molecule has 1 heterocycles. The van der Waals surface area contributed by atoms with Crippen molar-refractivity contribution in [3.05, 3.63) is 34.7 Å². The van der Waals surface area contributed by atoms with Gasteiger partial charge in [0.05, 0.1) is 6.10 Å². The lowest BCUT2D eigenvalue weighted by Crippen LogP contribution is -2.37. The average molecular weight is 215 g/mol. The highest BCUT2D eigenvalue weighted by Gasteiger charge is 2.23. The largest absolute Gasteiger partial charge is 0.393 e. The topological polar surface area (TPSA) is 32.3 Å². The molecule has 2 N–H and O–H groups in total. The second kappa shape index (κ2) is 3.95. The van der Waals surface area contributed by atoms with Crippen molar-refractivity contribution in [2.75, 3.05) is 6.54 Å². The number of hydrogen-bond acceptors (Lipinski definition) is 2. The molecule has 0 radical (unpaired) electrons. The van der Waals surface area contributed by atoms with Crippen LogP contribution in [0.4, 0.5) is 0 Å². The molecule has 2 unspecified atom stereocenters. The maximum absolute atomic E-state index is 9.81. The van der Waals surface area contributed by atoms with Crippen LogP contribution in [-0.2, 0) is 0 Å². The van der Waals surface area contributed by atoms with Gasteiger partial charge in [-0.05, 0) is 24.5 Å². The molecule has 1 aliphatic heterocycles. The Labute approximate surface area is 95.3 Å². The normalized spacial score (nSPS) is 28.2. The van der Waals surface area contributed by atoms with E-state index < -0.39 is 0 Å². The summed E-state index contributed by atoms with van der Waals surface area (Å²) < 4.78 is 0. The number of fused-ring (bicyclic) bond motifs is 2. The molecule has 3 rings (SSSR count). The molecule has 1 aliphatic carbocycles. The summed E-state index contributed by atoms with van der Waals surface area (Å²) in [5, 5.41) is 16.0. The lowest BCUT2D eigenvalue weighted by molar-refractivity contribution is 0.150. The maximum atomic E-state index is 9.81. The van der Waals surface area contributed by atoms with Crippen molar-refractivity contribution >= 4 is 11.8 Å². The molecular weight excluding hydrogens is 198 g/mol. The first kappa shape index (κ1) is 9.91. The fourth-order valence-electron chi connectivity index (χ4n) is 2.80. The molecule has 2 atom stereocenters. The van der Waals surface area contributed by atoms with Gasteiger partial charge in [-0.1, -0.05) is 30.3 Å². The van der Waals surface area contributed by atoms with E-state index in [0.717, 1.165) is 25.8 Å². The molecule has 2 heteroatoms. The predicted octanol–water partition coefficient (Wildman–Crippen LogP) is 0.339. The number of aliphatic hydroxyl groups excluding tert-OH is 1. The van der Waals surface area contributed by atoms with E-state index in [1.165, 1.54) is 16.1 Å². The zero-order valence-corrected chi connectivity index (χ0v) is 9.32. The number of rotatable bonds is 0. The Hall–Kier alpha value is -1.28. The lowest BCUT2D eigenvalue weighted by atomic mass is 9.89. The zero-order valence-electron chi connectivity index (χ0n) is 9.32. The maximum Gasteiger partial charge on any atom is 0.0563 e. The van der Waals surface area contributed by atoms with E-state index in [4.69, 9.17) is 0 Å². The van der Waals surface area contributed by atoms with Gasteiger partial charge in [-0.2, -0.15) is 0 Å². The SMILES string of the molecule is OC1CCNC2=c3ccccc3=CCC2C1. The molecule has 2 aliphatic rings. The summed E-state index contributed by atoms with van der Waals surface area (Å²) >= 11 is 0. The highest BCUT2D eigenvalue weighted by molar-refractivity contribution is 5.52. The Morgan fingerprint density at radius 3 is 3.06 bits per heavy atom. The first-order valence-corrected chi connectivity index (χ1v) is 6.06. The third-order valence-corrected chi connectivity index (χ3v) is 3.63. The molecule has 0 spiro atoms. The van der Waals surface area contributed by atoms with Gasteiger partial charge in [0.25, 0.3) is 0 Å². The Balaban J connectivity index is 2.15. The molecular formula is C14H17NO. The molecule has 2 nitrogen and oxygen atoms in total. The van der Waals surface area contributed by atoms with Crippen LogP contribution in [0.1, 0.15) is 19.3 Å². The van der Waals surface area contributed by atoms with Crippen molar-refractivity contribution in [2.45, 2.75) is 25.4 Å². The molecule has 1 saturated heterocycles. The van der Waals surface area contributed by atoms with Crippen molar-refractivity contribution < 1.29 is 5.11 Å². The third-order valence-electron chi connectivity index (χ3n) is 3.63. The average Bonchev–Trinajstić information content (AvgIpc) is 2.50. The van der Waals surface area contributed by atoms with E-state index in [1.807, 2.05) is 0 Å². The van der Waals surface area contributed by atoms with Gasteiger partial charge in [0.1, 0.15) is 0 Å². The lowest BCUT2D eigenvalue weighted by Gasteiger charge is -2.21. The first-order valence-electron chi connectivity index (χ1n) is 6.06. The zero-order chi connectivity index (χ0) is 11.0. The molecule has 0 aromatic heterocycles. The summed E-state index contributed by atoms with van der Waals surface area (Å²) in [4.78, 5) is 0.